The lowest BCUT2D eigenvalue weighted by molar-refractivity contribution is -0.136. The minimum absolute atomic E-state index is 0.149. The average Bonchev–Trinajstić information content (AvgIpc) is 2.43. The molecule has 0 radical (unpaired) electrons. The molecule has 0 spiro atoms. The van der Waals surface area contributed by atoms with Crippen molar-refractivity contribution in [3.05, 3.63) is 57.5 Å². The number of hydrogen-bond acceptors (Lipinski definition) is 3. The van der Waals surface area contributed by atoms with Crippen molar-refractivity contribution in [1.29, 1.82) is 0 Å². The van der Waals surface area contributed by atoms with Crippen molar-refractivity contribution in [3.63, 3.8) is 0 Å². The molecule has 0 aliphatic carbocycles. The zero-order valence-corrected chi connectivity index (χ0v) is 13.1. The lowest BCUT2D eigenvalue weighted by Gasteiger charge is -2.08. The molecule has 2 rings (SSSR count). The monoisotopic (exact) mass is 354 g/mol. The number of carbonyl (C=O) groups is 1. The summed E-state index contributed by atoms with van der Waals surface area (Å²) in [6, 6.07) is 12.1. The highest BCUT2D eigenvalue weighted by molar-refractivity contribution is 9.10. The van der Waals surface area contributed by atoms with Crippen molar-refractivity contribution in [3.8, 4) is 11.5 Å². The molecule has 5 heteroatoms. The molecule has 0 heterocycles. The molecule has 3 nitrogen and oxygen atoms in total. The summed E-state index contributed by atoms with van der Waals surface area (Å²) in [5.74, 6) is 0.599. The maximum absolute atomic E-state index is 11.6. The second-order valence-corrected chi connectivity index (χ2v) is 5.42. The van der Waals surface area contributed by atoms with Crippen LogP contribution in [-0.2, 0) is 4.79 Å². The number of ether oxygens (including phenoxy) is 2. The Morgan fingerprint density at radius 2 is 1.80 bits per heavy atom. The van der Waals surface area contributed by atoms with E-state index in [1.54, 1.807) is 30.3 Å². The minimum Gasteiger partial charge on any atom is -0.482 e. The highest BCUT2D eigenvalue weighted by Crippen LogP contribution is 2.21. The van der Waals surface area contributed by atoms with E-state index in [4.69, 9.17) is 21.1 Å². The van der Waals surface area contributed by atoms with Gasteiger partial charge in [-0.2, -0.15) is 0 Å². The number of rotatable bonds is 4. The topological polar surface area (TPSA) is 35.5 Å². The minimum atomic E-state index is -0.465. The molecule has 0 aromatic heterocycles. The number of esters is 1. The number of carbonyl (C=O) groups excluding carboxylic acids is 1. The summed E-state index contributed by atoms with van der Waals surface area (Å²) < 4.78 is 11.5. The summed E-state index contributed by atoms with van der Waals surface area (Å²) in [5.41, 5.74) is 1.04. The van der Waals surface area contributed by atoms with Crippen LogP contribution < -0.4 is 9.47 Å². The Balaban J connectivity index is 1.88. The van der Waals surface area contributed by atoms with Crippen LogP contribution >= 0.6 is 27.5 Å². The molecule has 0 aliphatic rings. The van der Waals surface area contributed by atoms with Crippen molar-refractivity contribution in [1.82, 2.24) is 0 Å². The van der Waals surface area contributed by atoms with Crippen LogP contribution in [0.5, 0.6) is 11.5 Å². The van der Waals surface area contributed by atoms with Crippen LogP contribution in [0.3, 0.4) is 0 Å². The quantitative estimate of drug-likeness (QED) is 0.602. The summed E-state index contributed by atoms with van der Waals surface area (Å²) in [4.78, 5) is 11.6. The zero-order valence-electron chi connectivity index (χ0n) is 10.7. The smallest absolute Gasteiger partial charge is 0.349 e. The van der Waals surface area contributed by atoms with Gasteiger partial charge in [0.2, 0.25) is 0 Å². The molecule has 0 unspecified atom stereocenters. The Labute approximate surface area is 130 Å². The van der Waals surface area contributed by atoms with Crippen molar-refractivity contribution in [2.45, 2.75) is 6.92 Å². The summed E-state index contributed by atoms with van der Waals surface area (Å²) in [5, 5.41) is 0.589. The molecule has 0 fully saturated rings. The van der Waals surface area contributed by atoms with Gasteiger partial charge in [-0.15, -0.1) is 0 Å². The third-order valence-corrected chi connectivity index (χ3v) is 3.67. The van der Waals surface area contributed by atoms with E-state index in [0.717, 1.165) is 10.0 Å². The van der Waals surface area contributed by atoms with Gasteiger partial charge in [0.05, 0.1) is 0 Å². The van der Waals surface area contributed by atoms with E-state index in [0.29, 0.717) is 16.5 Å². The van der Waals surface area contributed by atoms with Gasteiger partial charge in [0.1, 0.15) is 11.5 Å². The Hall–Kier alpha value is -1.52. The SMILES string of the molecule is Cc1cc(OCC(=O)Oc2ccc(Cl)cc2)ccc1Br. The third kappa shape index (κ3) is 4.25. The first-order valence-electron chi connectivity index (χ1n) is 5.90. The zero-order chi connectivity index (χ0) is 14.5. The fourth-order valence-corrected chi connectivity index (χ4v) is 1.89. The van der Waals surface area contributed by atoms with E-state index in [2.05, 4.69) is 15.9 Å². The molecular weight excluding hydrogens is 344 g/mol. The Morgan fingerprint density at radius 1 is 1.15 bits per heavy atom. The van der Waals surface area contributed by atoms with Crippen molar-refractivity contribution < 1.29 is 14.3 Å². The molecule has 0 N–H and O–H groups in total. The molecule has 0 bridgehead atoms. The van der Waals surface area contributed by atoms with Gasteiger partial charge in [-0.05, 0) is 55.0 Å². The van der Waals surface area contributed by atoms with Gasteiger partial charge in [-0.25, -0.2) is 4.79 Å². The second kappa shape index (κ2) is 6.77. The standard InChI is InChI=1S/C15H12BrClO3/c1-10-8-13(6-7-14(10)16)19-9-15(18)20-12-4-2-11(17)3-5-12/h2-8H,9H2,1H3. The van der Waals surface area contributed by atoms with Crippen LogP contribution in [0.4, 0.5) is 0 Å². The van der Waals surface area contributed by atoms with Gasteiger partial charge in [-0.1, -0.05) is 27.5 Å². The van der Waals surface area contributed by atoms with Gasteiger partial charge in [0.25, 0.3) is 0 Å². The summed E-state index contributed by atoms with van der Waals surface area (Å²) in [7, 11) is 0. The molecule has 20 heavy (non-hydrogen) atoms. The molecule has 0 saturated heterocycles. The van der Waals surface area contributed by atoms with Gasteiger partial charge in [0, 0.05) is 9.50 Å². The molecule has 0 amide bonds. The van der Waals surface area contributed by atoms with Gasteiger partial charge in [-0.3, -0.25) is 0 Å². The molecule has 104 valence electrons. The van der Waals surface area contributed by atoms with Crippen LogP contribution in [0.25, 0.3) is 0 Å². The van der Waals surface area contributed by atoms with E-state index in [-0.39, 0.29) is 6.61 Å². The molecular formula is C15H12BrClO3. The summed E-state index contributed by atoms with van der Waals surface area (Å²) >= 11 is 9.15. The Bertz CT molecular complexity index is 611. The van der Waals surface area contributed by atoms with Gasteiger partial charge in [0.15, 0.2) is 6.61 Å². The molecule has 0 atom stereocenters. The van der Waals surface area contributed by atoms with E-state index in [1.807, 2.05) is 19.1 Å². The number of halogens is 2. The Kier molecular flexibility index (Phi) is 5.04. The molecule has 0 aliphatic heterocycles. The van der Waals surface area contributed by atoms with E-state index >= 15 is 0 Å². The normalized spacial score (nSPS) is 10.2. The fraction of sp³-hybridized carbons (Fsp3) is 0.133. The summed E-state index contributed by atoms with van der Waals surface area (Å²) in [6.07, 6.45) is 0. The van der Waals surface area contributed by atoms with Crippen molar-refractivity contribution in [2.24, 2.45) is 0 Å². The van der Waals surface area contributed by atoms with E-state index in [1.165, 1.54) is 0 Å². The number of aryl methyl sites for hydroxylation is 1. The second-order valence-electron chi connectivity index (χ2n) is 4.13. The van der Waals surface area contributed by atoms with E-state index < -0.39 is 5.97 Å². The highest BCUT2D eigenvalue weighted by Gasteiger charge is 2.07. The predicted octanol–water partition coefficient (Wildman–Crippen LogP) is 4.40. The number of benzene rings is 2. The van der Waals surface area contributed by atoms with Crippen molar-refractivity contribution >= 4 is 33.5 Å². The third-order valence-electron chi connectivity index (χ3n) is 2.53. The first-order chi connectivity index (χ1) is 9.54. The first kappa shape index (κ1) is 14.9. The largest absolute Gasteiger partial charge is 0.482 e. The summed E-state index contributed by atoms with van der Waals surface area (Å²) in [6.45, 7) is 1.80. The van der Waals surface area contributed by atoms with Crippen molar-refractivity contribution in [2.75, 3.05) is 6.61 Å². The fourth-order valence-electron chi connectivity index (χ4n) is 1.51. The predicted molar refractivity (Wildman–Crippen MR) is 81.5 cm³/mol. The van der Waals surface area contributed by atoms with E-state index in [9.17, 15) is 4.79 Å². The molecule has 2 aromatic carbocycles. The first-order valence-corrected chi connectivity index (χ1v) is 7.07. The van der Waals surface area contributed by atoms with Crippen LogP contribution in [0.1, 0.15) is 5.56 Å². The molecule has 0 saturated carbocycles. The van der Waals surface area contributed by atoms with Crippen LogP contribution in [0.15, 0.2) is 46.9 Å². The lowest BCUT2D eigenvalue weighted by Crippen LogP contribution is -2.17. The maximum Gasteiger partial charge on any atom is 0.349 e. The van der Waals surface area contributed by atoms with Crippen LogP contribution in [0.2, 0.25) is 5.02 Å². The van der Waals surface area contributed by atoms with Gasteiger partial charge < -0.3 is 9.47 Å². The Morgan fingerprint density at radius 3 is 2.45 bits per heavy atom. The maximum atomic E-state index is 11.6. The van der Waals surface area contributed by atoms with Crippen LogP contribution in [-0.4, -0.2) is 12.6 Å². The molecule has 2 aromatic rings. The lowest BCUT2D eigenvalue weighted by atomic mass is 10.2. The average molecular weight is 356 g/mol. The van der Waals surface area contributed by atoms with Crippen LogP contribution in [0, 0.1) is 6.92 Å². The highest BCUT2D eigenvalue weighted by atomic mass is 79.9. The number of hydrogen-bond donors (Lipinski definition) is 0. The van der Waals surface area contributed by atoms with Gasteiger partial charge >= 0.3 is 5.97 Å².